The number of hydroxylamine groups is 2. The number of likely N-dealkylation sites (N-methyl/N-ethyl adjacent to an activating group) is 1. The van der Waals surface area contributed by atoms with Crippen LogP contribution in [0.1, 0.15) is 19.8 Å². The third kappa shape index (κ3) is 6.44. The predicted molar refractivity (Wildman–Crippen MR) is 128 cm³/mol. The van der Waals surface area contributed by atoms with Gasteiger partial charge in [0.15, 0.2) is 0 Å². The van der Waals surface area contributed by atoms with Crippen LogP contribution in [0.2, 0.25) is 0 Å². The van der Waals surface area contributed by atoms with Gasteiger partial charge in [0, 0.05) is 65.3 Å². The van der Waals surface area contributed by atoms with Crippen LogP contribution in [0.15, 0.2) is 18.2 Å². The lowest BCUT2D eigenvalue weighted by Crippen LogP contribution is -2.47. The molecule has 0 bridgehead atoms. The molecular formula is C24H36FN5O4. The van der Waals surface area contributed by atoms with Crippen molar-refractivity contribution in [3.8, 4) is 0 Å². The van der Waals surface area contributed by atoms with Crippen molar-refractivity contribution in [3.05, 3.63) is 24.0 Å². The number of hydrogen-bond donors (Lipinski definition) is 0. The molecule has 9 nitrogen and oxygen atoms in total. The van der Waals surface area contributed by atoms with E-state index in [-0.39, 0.29) is 17.7 Å². The standard InChI is InChI=1S/C24H36FN5O4/c1-19(31)3-5-21-18-30(24(32)34-21)20-4-6-23(22(25)17-20)28-12-14-29(33-16-15-28)13-11-27-9-7-26(2)8-10-27/h4,6,17,21H,3,5,7-16,18H2,1-2H3/t21-/m0/s1. The molecule has 188 valence electrons. The molecule has 0 spiro atoms. The summed E-state index contributed by atoms with van der Waals surface area (Å²) < 4.78 is 20.4. The Labute approximate surface area is 200 Å². The summed E-state index contributed by atoms with van der Waals surface area (Å²) in [5.41, 5.74) is 0.977. The Bertz CT molecular complexity index is 864. The van der Waals surface area contributed by atoms with Gasteiger partial charge in [-0.1, -0.05) is 0 Å². The second-order valence-corrected chi connectivity index (χ2v) is 9.39. The lowest BCUT2D eigenvalue weighted by Gasteiger charge is -2.33. The molecule has 1 aromatic rings. The highest BCUT2D eigenvalue weighted by Gasteiger charge is 2.33. The number of nitrogens with zero attached hydrogens (tertiary/aromatic N) is 5. The van der Waals surface area contributed by atoms with Crippen LogP contribution in [-0.4, -0.2) is 112 Å². The smallest absolute Gasteiger partial charge is 0.414 e. The first-order valence-corrected chi connectivity index (χ1v) is 12.2. The summed E-state index contributed by atoms with van der Waals surface area (Å²) in [5, 5.41) is 1.99. The van der Waals surface area contributed by atoms with E-state index in [1.54, 1.807) is 12.1 Å². The summed E-state index contributed by atoms with van der Waals surface area (Å²) >= 11 is 0. The second kappa shape index (κ2) is 11.4. The van der Waals surface area contributed by atoms with Crippen molar-refractivity contribution in [1.29, 1.82) is 0 Å². The zero-order valence-electron chi connectivity index (χ0n) is 20.2. The number of hydrogen-bond acceptors (Lipinski definition) is 8. The maximum atomic E-state index is 15.1. The third-order valence-corrected chi connectivity index (χ3v) is 6.79. The van der Waals surface area contributed by atoms with E-state index in [1.165, 1.54) is 17.9 Å². The quantitative estimate of drug-likeness (QED) is 0.562. The number of carbonyl (C=O) groups is 2. The molecule has 3 saturated heterocycles. The molecule has 3 aliphatic rings. The van der Waals surface area contributed by atoms with Gasteiger partial charge in [-0.05, 0) is 38.6 Å². The molecule has 0 unspecified atom stereocenters. The fourth-order valence-electron chi connectivity index (χ4n) is 4.60. The van der Waals surface area contributed by atoms with E-state index < -0.39 is 6.09 Å². The van der Waals surface area contributed by atoms with Gasteiger partial charge in [-0.25, -0.2) is 9.18 Å². The number of amides is 1. The van der Waals surface area contributed by atoms with Crippen LogP contribution in [0.25, 0.3) is 0 Å². The summed E-state index contributed by atoms with van der Waals surface area (Å²) in [7, 11) is 2.15. The molecule has 1 aromatic carbocycles. The van der Waals surface area contributed by atoms with E-state index in [2.05, 4.69) is 16.8 Å². The maximum absolute atomic E-state index is 15.1. The van der Waals surface area contributed by atoms with Crippen molar-refractivity contribution < 1.29 is 23.6 Å². The molecule has 0 N–H and O–H groups in total. The largest absolute Gasteiger partial charge is 0.444 e. The van der Waals surface area contributed by atoms with Crippen LogP contribution >= 0.6 is 0 Å². The average Bonchev–Trinajstić information content (AvgIpc) is 3.03. The van der Waals surface area contributed by atoms with Crippen LogP contribution in [0.4, 0.5) is 20.6 Å². The minimum Gasteiger partial charge on any atom is -0.444 e. The molecule has 3 heterocycles. The van der Waals surface area contributed by atoms with E-state index in [1.807, 2.05) is 9.96 Å². The number of ether oxygens (including phenoxy) is 1. The fourth-order valence-corrected chi connectivity index (χ4v) is 4.60. The van der Waals surface area contributed by atoms with Crippen molar-refractivity contribution in [2.45, 2.75) is 25.9 Å². The van der Waals surface area contributed by atoms with E-state index in [4.69, 9.17) is 9.57 Å². The summed E-state index contributed by atoms with van der Waals surface area (Å²) in [6.45, 7) is 10.5. The average molecular weight is 478 g/mol. The number of carbonyl (C=O) groups excluding carboxylic acids is 2. The number of benzene rings is 1. The molecule has 0 aromatic heterocycles. The number of ketones is 1. The Morgan fingerprint density at radius 2 is 1.88 bits per heavy atom. The number of Topliss-reactive ketones (excluding diaryl/α,β-unsaturated/α-hetero) is 1. The number of cyclic esters (lactones) is 1. The second-order valence-electron chi connectivity index (χ2n) is 9.39. The molecule has 1 atom stereocenters. The Kier molecular flexibility index (Phi) is 8.36. The van der Waals surface area contributed by atoms with E-state index in [9.17, 15) is 9.59 Å². The Balaban J connectivity index is 1.30. The molecule has 1 amide bonds. The zero-order chi connectivity index (χ0) is 24.1. The van der Waals surface area contributed by atoms with Crippen molar-refractivity contribution in [2.24, 2.45) is 0 Å². The Morgan fingerprint density at radius 3 is 2.62 bits per heavy atom. The van der Waals surface area contributed by atoms with Gasteiger partial charge in [0.2, 0.25) is 0 Å². The minimum atomic E-state index is -0.500. The van der Waals surface area contributed by atoms with E-state index in [0.29, 0.717) is 57.0 Å². The van der Waals surface area contributed by atoms with Crippen molar-refractivity contribution >= 4 is 23.3 Å². The molecule has 10 heteroatoms. The summed E-state index contributed by atoms with van der Waals surface area (Å²) in [5.74, 6) is -0.312. The third-order valence-electron chi connectivity index (χ3n) is 6.79. The molecule has 3 fully saturated rings. The first kappa shape index (κ1) is 24.8. The topological polar surface area (TPSA) is 68.8 Å². The predicted octanol–water partition coefficient (Wildman–Crippen LogP) is 1.82. The number of piperazine rings is 1. The van der Waals surface area contributed by atoms with Gasteiger partial charge in [-0.2, -0.15) is 5.06 Å². The van der Waals surface area contributed by atoms with Gasteiger partial charge in [-0.15, -0.1) is 0 Å². The molecule has 0 saturated carbocycles. The van der Waals surface area contributed by atoms with Crippen LogP contribution in [-0.2, 0) is 14.4 Å². The molecule has 0 radical (unpaired) electrons. The highest BCUT2D eigenvalue weighted by atomic mass is 19.1. The minimum absolute atomic E-state index is 0.0595. The molecular weight excluding hydrogens is 441 g/mol. The zero-order valence-corrected chi connectivity index (χ0v) is 20.2. The first-order chi connectivity index (χ1) is 16.4. The van der Waals surface area contributed by atoms with Crippen molar-refractivity contribution in [3.63, 3.8) is 0 Å². The van der Waals surface area contributed by atoms with E-state index in [0.717, 1.165) is 39.3 Å². The lowest BCUT2D eigenvalue weighted by molar-refractivity contribution is -0.150. The molecule has 0 aliphatic carbocycles. The van der Waals surface area contributed by atoms with Crippen LogP contribution in [0, 0.1) is 5.82 Å². The van der Waals surface area contributed by atoms with Gasteiger partial charge < -0.3 is 19.3 Å². The number of rotatable bonds is 8. The highest BCUT2D eigenvalue weighted by molar-refractivity contribution is 5.90. The van der Waals surface area contributed by atoms with Gasteiger partial charge in [0.05, 0.1) is 24.5 Å². The summed E-state index contributed by atoms with van der Waals surface area (Å²) in [4.78, 5) is 37.6. The SMILES string of the molecule is CC(=O)CC[C@H]1CN(c2ccc(N3CCON(CCN4CCN(C)CC4)CC3)c(F)c2)C(=O)O1. The number of anilines is 2. The highest BCUT2D eigenvalue weighted by Crippen LogP contribution is 2.29. The molecule has 3 aliphatic heterocycles. The van der Waals surface area contributed by atoms with Gasteiger partial charge in [0.1, 0.15) is 17.7 Å². The van der Waals surface area contributed by atoms with E-state index >= 15 is 4.39 Å². The monoisotopic (exact) mass is 477 g/mol. The van der Waals surface area contributed by atoms with Gasteiger partial charge in [0.25, 0.3) is 0 Å². The normalized spacial score (nSPS) is 23.3. The maximum Gasteiger partial charge on any atom is 0.414 e. The molecule has 34 heavy (non-hydrogen) atoms. The van der Waals surface area contributed by atoms with Gasteiger partial charge in [-0.3, -0.25) is 14.6 Å². The lowest BCUT2D eigenvalue weighted by atomic mass is 10.1. The molecule has 4 rings (SSSR count). The first-order valence-electron chi connectivity index (χ1n) is 12.2. The van der Waals surface area contributed by atoms with Crippen molar-refractivity contribution in [2.75, 3.05) is 88.9 Å². The van der Waals surface area contributed by atoms with Crippen LogP contribution in [0.3, 0.4) is 0 Å². The van der Waals surface area contributed by atoms with Gasteiger partial charge >= 0.3 is 6.09 Å². The van der Waals surface area contributed by atoms with Crippen LogP contribution in [0.5, 0.6) is 0 Å². The number of halogens is 1. The van der Waals surface area contributed by atoms with Crippen LogP contribution < -0.4 is 9.80 Å². The Morgan fingerprint density at radius 1 is 1.09 bits per heavy atom. The Hall–Kier alpha value is -2.27. The fraction of sp³-hybridized carbons (Fsp3) is 0.667. The summed E-state index contributed by atoms with van der Waals surface area (Å²) in [6, 6.07) is 4.87. The summed E-state index contributed by atoms with van der Waals surface area (Å²) in [6.07, 6.45) is -0.00157. The van der Waals surface area contributed by atoms with Crippen molar-refractivity contribution in [1.82, 2.24) is 14.9 Å².